The molecule has 4 heteroatoms. The summed E-state index contributed by atoms with van der Waals surface area (Å²) in [7, 11) is 0. The normalized spacial score (nSPS) is 10.6. The lowest BCUT2D eigenvalue weighted by molar-refractivity contribution is 0.863. The number of hydrogen-bond acceptors (Lipinski definition) is 2. The SMILES string of the molecule is ClCc1cccc(CCc2cccc(CCl)n2)n1. The van der Waals surface area contributed by atoms with Crippen LogP contribution in [0.15, 0.2) is 36.4 Å². The Morgan fingerprint density at radius 3 is 1.44 bits per heavy atom. The Balaban J connectivity index is 2.01. The van der Waals surface area contributed by atoms with E-state index in [0.29, 0.717) is 11.8 Å². The second-order valence-electron chi connectivity index (χ2n) is 4.01. The predicted octanol–water partition coefficient (Wildman–Crippen LogP) is 3.74. The van der Waals surface area contributed by atoms with Crippen molar-refractivity contribution in [2.45, 2.75) is 24.6 Å². The van der Waals surface area contributed by atoms with Gasteiger partial charge in [0.05, 0.1) is 23.1 Å². The summed E-state index contributed by atoms with van der Waals surface area (Å²) in [5.41, 5.74) is 3.92. The second kappa shape index (κ2) is 6.72. The van der Waals surface area contributed by atoms with Gasteiger partial charge in [-0.25, -0.2) is 0 Å². The van der Waals surface area contributed by atoms with Crippen LogP contribution in [-0.4, -0.2) is 9.97 Å². The molecular weight excluding hydrogens is 267 g/mol. The van der Waals surface area contributed by atoms with Crippen LogP contribution in [-0.2, 0) is 24.6 Å². The van der Waals surface area contributed by atoms with E-state index in [1.807, 2.05) is 36.4 Å². The van der Waals surface area contributed by atoms with Crippen molar-refractivity contribution in [2.24, 2.45) is 0 Å². The van der Waals surface area contributed by atoms with Gasteiger partial charge in [0.25, 0.3) is 0 Å². The van der Waals surface area contributed by atoms with Crippen LogP contribution in [0, 0.1) is 0 Å². The Morgan fingerprint density at radius 2 is 1.06 bits per heavy atom. The second-order valence-corrected chi connectivity index (χ2v) is 4.54. The van der Waals surface area contributed by atoms with E-state index < -0.39 is 0 Å². The van der Waals surface area contributed by atoms with Gasteiger partial charge in [0.15, 0.2) is 0 Å². The molecule has 0 saturated heterocycles. The number of hydrogen-bond donors (Lipinski definition) is 0. The van der Waals surface area contributed by atoms with E-state index >= 15 is 0 Å². The minimum atomic E-state index is 0.452. The molecule has 0 aliphatic carbocycles. The summed E-state index contributed by atoms with van der Waals surface area (Å²) in [6.07, 6.45) is 1.73. The molecule has 0 radical (unpaired) electrons. The van der Waals surface area contributed by atoms with Gasteiger partial charge in [-0.1, -0.05) is 12.1 Å². The molecule has 18 heavy (non-hydrogen) atoms. The molecule has 2 rings (SSSR count). The van der Waals surface area contributed by atoms with Gasteiger partial charge in [-0.05, 0) is 37.1 Å². The summed E-state index contributed by atoms with van der Waals surface area (Å²) >= 11 is 11.5. The molecule has 2 aromatic rings. The number of alkyl halides is 2. The lowest BCUT2D eigenvalue weighted by atomic mass is 10.1. The highest BCUT2D eigenvalue weighted by atomic mass is 35.5. The zero-order valence-corrected chi connectivity index (χ0v) is 11.5. The quantitative estimate of drug-likeness (QED) is 0.780. The first kappa shape index (κ1) is 13.3. The zero-order chi connectivity index (χ0) is 12.8. The van der Waals surface area contributed by atoms with Gasteiger partial charge in [-0.15, -0.1) is 23.2 Å². The molecule has 0 saturated carbocycles. The van der Waals surface area contributed by atoms with E-state index in [9.17, 15) is 0 Å². The summed E-state index contributed by atoms with van der Waals surface area (Å²) in [6, 6.07) is 11.9. The zero-order valence-electron chi connectivity index (χ0n) is 9.94. The van der Waals surface area contributed by atoms with Crippen LogP contribution in [0.1, 0.15) is 22.8 Å². The fourth-order valence-corrected chi connectivity index (χ4v) is 2.04. The Hall–Kier alpha value is -1.12. The molecule has 2 nitrogen and oxygen atoms in total. The summed E-state index contributed by atoms with van der Waals surface area (Å²) in [6.45, 7) is 0. The van der Waals surface area contributed by atoms with Crippen LogP contribution in [0.5, 0.6) is 0 Å². The van der Waals surface area contributed by atoms with Gasteiger partial charge >= 0.3 is 0 Å². The molecule has 0 aliphatic heterocycles. The van der Waals surface area contributed by atoms with Crippen molar-refractivity contribution < 1.29 is 0 Å². The van der Waals surface area contributed by atoms with E-state index in [-0.39, 0.29) is 0 Å². The Morgan fingerprint density at radius 1 is 0.667 bits per heavy atom. The van der Waals surface area contributed by atoms with Crippen molar-refractivity contribution in [2.75, 3.05) is 0 Å². The van der Waals surface area contributed by atoms with Gasteiger partial charge < -0.3 is 0 Å². The average molecular weight is 281 g/mol. The summed E-state index contributed by atoms with van der Waals surface area (Å²) < 4.78 is 0. The summed E-state index contributed by atoms with van der Waals surface area (Å²) in [4.78, 5) is 8.93. The molecule has 94 valence electrons. The summed E-state index contributed by atoms with van der Waals surface area (Å²) in [5.74, 6) is 0.904. The van der Waals surface area contributed by atoms with E-state index in [2.05, 4.69) is 9.97 Å². The third-order valence-corrected chi connectivity index (χ3v) is 3.19. The number of aryl methyl sites for hydroxylation is 2. The van der Waals surface area contributed by atoms with Crippen molar-refractivity contribution in [3.05, 3.63) is 59.2 Å². The standard InChI is InChI=1S/C14H14Cl2N2/c15-9-13-5-1-3-11(17-13)7-8-12-4-2-6-14(10-16)18-12/h1-6H,7-10H2. The van der Waals surface area contributed by atoms with E-state index in [1.165, 1.54) is 0 Å². The predicted molar refractivity (Wildman–Crippen MR) is 75.0 cm³/mol. The molecule has 0 aromatic carbocycles. The third kappa shape index (κ3) is 3.69. The molecule has 0 fully saturated rings. The molecule has 0 aliphatic rings. The summed E-state index contributed by atoms with van der Waals surface area (Å²) in [5, 5.41) is 0. The number of aromatic nitrogens is 2. The molecule has 2 heterocycles. The highest BCUT2D eigenvalue weighted by Gasteiger charge is 2.01. The van der Waals surface area contributed by atoms with Gasteiger partial charge in [-0.2, -0.15) is 0 Å². The maximum atomic E-state index is 5.77. The maximum Gasteiger partial charge on any atom is 0.0647 e. The molecule has 0 amide bonds. The Labute approximate surface area is 117 Å². The fourth-order valence-electron chi connectivity index (χ4n) is 1.74. The van der Waals surface area contributed by atoms with Gasteiger partial charge in [0.2, 0.25) is 0 Å². The van der Waals surface area contributed by atoms with Crippen LogP contribution in [0.4, 0.5) is 0 Å². The van der Waals surface area contributed by atoms with Crippen LogP contribution in [0.3, 0.4) is 0 Å². The van der Waals surface area contributed by atoms with Crippen LogP contribution in [0.25, 0.3) is 0 Å². The topological polar surface area (TPSA) is 25.8 Å². The average Bonchev–Trinajstić information content (AvgIpc) is 2.45. The number of rotatable bonds is 5. The van der Waals surface area contributed by atoms with Crippen molar-refractivity contribution in [3.8, 4) is 0 Å². The minimum Gasteiger partial charge on any atom is -0.257 e. The van der Waals surface area contributed by atoms with E-state index in [4.69, 9.17) is 23.2 Å². The van der Waals surface area contributed by atoms with Gasteiger partial charge in [-0.3, -0.25) is 9.97 Å². The molecule has 0 bridgehead atoms. The fraction of sp³-hybridized carbons (Fsp3) is 0.286. The number of halogens is 2. The lowest BCUT2D eigenvalue weighted by Gasteiger charge is -2.04. The highest BCUT2D eigenvalue weighted by Crippen LogP contribution is 2.08. The molecule has 0 N–H and O–H groups in total. The first-order chi connectivity index (χ1) is 8.81. The van der Waals surface area contributed by atoms with Crippen molar-refractivity contribution >= 4 is 23.2 Å². The minimum absolute atomic E-state index is 0.452. The molecule has 0 unspecified atom stereocenters. The molecule has 2 aromatic heterocycles. The van der Waals surface area contributed by atoms with E-state index in [1.54, 1.807) is 0 Å². The molecule has 0 atom stereocenters. The molecular formula is C14H14Cl2N2. The first-order valence-electron chi connectivity index (χ1n) is 5.83. The Kier molecular flexibility index (Phi) is 4.97. The van der Waals surface area contributed by atoms with Crippen molar-refractivity contribution in [1.29, 1.82) is 0 Å². The largest absolute Gasteiger partial charge is 0.257 e. The number of nitrogens with zero attached hydrogens (tertiary/aromatic N) is 2. The maximum absolute atomic E-state index is 5.77. The van der Waals surface area contributed by atoms with E-state index in [0.717, 1.165) is 35.6 Å². The highest BCUT2D eigenvalue weighted by molar-refractivity contribution is 6.17. The van der Waals surface area contributed by atoms with Gasteiger partial charge in [0.1, 0.15) is 0 Å². The Bertz CT molecular complexity index is 467. The monoisotopic (exact) mass is 280 g/mol. The first-order valence-corrected chi connectivity index (χ1v) is 6.90. The number of pyridine rings is 2. The van der Waals surface area contributed by atoms with Crippen LogP contribution >= 0.6 is 23.2 Å². The third-order valence-electron chi connectivity index (χ3n) is 2.64. The van der Waals surface area contributed by atoms with Crippen molar-refractivity contribution in [3.63, 3.8) is 0 Å². The van der Waals surface area contributed by atoms with Crippen molar-refractivity contribution in [1.82, 2.24) is 9.97 Å². The van der Waals surface area contributed by atoms with Gasteiger partial charge in [0, 0.05) is 11.4 Å². The smallest absolute Gasteiger partial charge is 0.0647 e. The lowest BCUT2D eigenvalue weighted by Crippen LogP contribution is -1.99. The van der Waals surface area contributed by atoms with Crippen LogP contribution in [0.2, 0.25) is 0 Å². The molecule has 0 spiro atoms. The van der Waals surface area contributed by atoms with Crippen LogP contribution < -0.4 is 0 Å².